The maximum Gasteiger partial charge on any atom is 0.227 e. The third-order valence-corrected chi connectivity index (χ3v) is 5.84. The number of nitrogens with zero attached hydrogens (tertiary/aromatic N) is 7. The van der Waals surface area contributed by atoms with E-state index < -0.39 is 0 Å². The Kier molecular flexibility index (Phi) is 4.66. The van der Waals surface area contributed by atoms with E-state index in [4.69, 9.17) is 15.0 Å². The van der Waals surface area contributed by atoms with E-state index in [0.29, 0.717) is 0 Å². The predicted molar refractivity (Wildman–Crippen MR) is 117 cm³/mol. The molecule has 0 amide bonds. The molecule has 4 heterocycles. The highest BCUT2D eigenvalue weighted by Gasteiger charge is 2.23. The number of hydrogen-bond acceptors (Lipinski definition) is 7. The number of rotatable bonds is 3. The molecule has 2 aliphatic heterocycles. The number of fused-ring (bicyclic) bond motifs is 1. The van der Waals surface area contributed by atoms with Crippen LogP contribution in [0.25, 0.3) is 11.0 Å². The van der Waals surface area contributed by atoms with Crippen molar-refractivity contribution in [1.82, 2.24) is 19.9 Å². The van der Waals surface area contributed by atoms with E-state index in [-0.39, 0.29) is 0 Å². The normalized spacial score (nSPS) is 17.4. The molecule has 3 aromatic rings. The first-order valence-electron chi connectivity index (χ1n) is 10.5. The molecule has 1 aromatic carbocycles. The fourth-order valence-electron chi connectivity index (χ4n) is 4.28. The van der Waals surface area contributed by atoms with Gasteiger partial charge in [-0.05, 0) is 38.8 Å². The number of aryl methyl sites for hydroxylation is 2. The Morgan fingerprint density at radius 3 is 2.07 bits per heavy atom. The van der Waals surface area contributed by atoms with Crippen molar-refractivity contribution in [3.63, 3.8) is 0 Å². The van der Waals surface area contributed by atoms with Crippen LogP contribution < -0.4 is 14.7 Å². The Labute approximate surface area is 171 Å². The lowest BCUT2D eigenvalue weighted by Crippen LogP contribution is -2.47. The average molecular weight is 390 g/mol. The molecule has 29 heavy (non-hydrogen) atoms. The second kappa shape index (κ2) is 7.46. The molecule has 7 nitrogen and oxygen atoms in total. The number of hydrogen-bond donors (Lipinski definition) is 0. The molecule has 0 saturated carbocycles. The number of aromatic nitrogens is 4. The van der Waals surface area contributed by atoms with Crippen LogP contribution in [0.15, 0.2) is 30.3 Å². The maximum atomic E-state index is 4.89. The largest absolute Gasteiger partial charge is 0.353 e. The summed E-state index contributed by atoms with van der Waals surface area (Å²) in [4.78, 5) is 26.2. The van der Waals surface area contributed by atoms with Crippen molar-refractivity contribution in [3.05, 3.63) is 41.7 Å². The lowest BCUT2D eigenvalue weighted by atomic mass is 10.2. The first kappa shape index (κ1) is 18.1. The van der Waals surface area contributed by atoms with Crippen molar-refractivity contribution in [2.24, 2.45) is 0 Å². The van der Waals surface area contributed by atoms with Crippen LogP contribution in [0.3, 0.4) is 0 Å². The first-order valence-corrected chi connectivity index (χ1v) is 10.5. The van der Waals surface area contributed by atoms with Crippen LogP contribution in [0.5, 0.6) is 0 Å². The maximum absolute atomic E-state index is 4.89. The van der Waals surface area contributed by atoms with Gasteiger partial charge >= 0.3 is 0 Å². The van der Waals surface area contributed by atoms with Gasteiger partial charge in [-0.2, -0.15) is 4.98 Å². The van der Waals surface area contributed by atoms with E-state index in [1.807, 2.05) is 24.3 Å². The second-order valence-corrected chi connectivity index (χ2v) is 7.96. The molecule has 0 unspecified atom stereocenters. The average Bonchev–Trinajstić information content (AvgIpc) is 3.28. The highest BCUT2D eigenvalue weighted by Crippen LogP contribution is 2.24. The number of para-hydroxylation sites is 2. The molecule has 7 heteroatoms. The van der Waals surface area contributed by atoms with Crippen LogP contribution >= 0.6 is 0 Å². The summed E-state index contributed by atoms with van der Waals surface area (Å²) in [6.07, 6.45) is 2.47. The molecule has 2 aliphatic rings. The van der Waals surface area contributed by atoms with Crippen LogP contribution in [0.4, 0.5) is 17.6 Å². The minimum atomic E-state index is 0.885. The van der Waals surface area contributed by atoms with Crippen molar-refractivity contribution >= 4 is 28.6 Å². The van der Waals surface area contributed by atoms with Gasteiger partial charge in [-0.25, -0.2) is 15.0 Å². The first-order chi connectivity index (χ1) is 14.2. The van der Waals surface area contributed by atoms with Crippen LogP contribution in [0.1, 0.15) is 24.2 Å². The molecule has 0 spiro atoms. The SMILES string of the molecule is Cc1cc(N2CCN(c3nc4ccccc4nc3C)CC2)nc(N2CCCC2)n1. The van der Waals surface area contributed by atoms with E-state index in [9.17, 15) is 0 Å². The van der Waals surface area contributed by atoms with E-state index in [2.05, 4.69) is 39.6 Å². The highest BCUT2D eigenvalue weighted by molar-refractivity contribution is 5.76. The van der Waals surface area contributed by atoms with Gasteiger partial charge in [0, 0.05) is 51.0 Å². The fourth-order valence-corrected chi connectivity index (χ4v) is 4.28. The van der Waals surface area contributed by atoms with Gasteiger partial charge in [-0.1, -0.05) is 12.1 Å². The number of piperazine rings is 1. The smallest absolute Gasteiger partial charge is 0.227 e. The molecule has 5 rings (SSSR count). The molecule has 2 fully saturated rings. The Bertz CT molecular complexity index is 1020. The Balaban J connectivity index is 1.34. The molecular formula is C22H27N7. The molecule has 2 saturated heterocycles. The third kappa shape index (κ3) is 3.57. The fraction of sp³-hybridized carbons (Fsp3) is 0.455. The van der Waals surface area contributed by atoms with Crippen LogP contribution in [0, 0.1) is 13.8 Å². The summed E-state index contributed by atoms with van der Waals surface area (Å²) in [6.45, 7) is 9.92. The number of anilines is 3. The standard InChI is InChI=1S/C22H27N7/c1-16-15-20(26-22(23-16)29-9-5-6-10-29)27-11-13-28(14-12-27)21-17(2)24-18-7-3-4-8-19(18)25-21/h3-4,7-8,15H,5-6,9-14H2,1-2H3. The molecule has 0 atom stereocenters. The summed E-state index contributed by atoms with van der Waals surface area (Å²) in [5.41, 5.74) is 3.94. The molecule has 0 N–H and O–H groups in total. The lowest BCUT2D eigenvalue weighted by Gasteiger charge is -2.36. The second-order valence-electron chi connectivity index (χ2n) is 7.96. The Morgan fingerprint density at radius 2 is 1.34 bits per heavy atom. The van der Waals surface area contributed by atoms with Crippen molar-refractivity contribution in [2.75, 3.05) is 54.0 Å². The van der Waals surface area contributed by atoms with Crippen molar-refractivity contribution < 1.29 is 0 Å². The van der Waals surface area contributed by atoms with Crippen LogP contribution in [-0.2, 0) is 0 Å². The molecule has 2 aromatic heterocycles. The van der Waals surface area contributed by atoms with Crippen molar-refractivity contribution in [3.8, 4) is 0 Å². The summed E-state index contributed by atoms with van der Waals surface area (Å²) in [5.74, 6) is 2.93. The monoisotopic (exact) mass is 389 g/mol. The van der Waals surface area contributed by atoms with Gasteiger partial charge in [-0.15, -0.1) is 0 Å². The van der Waals surface area contributed by atoms with E-state index in [1.54, 1.807) is 0 Å². The van der Waals surface area contributed by atoms with E-state index >= 15 is 0 Å². The summed E-state index contributed by atoms with van der Waals surface area (Å²) in [5, 5.41) is 0. The predicted octanol–water partition coefficient (Wildman–Crippen LogP) is 2.96. The van der Waals surface area contributed by atoms with Gasteiger partial charge in [0.05, 0.1) is 16.7 Å². The van der Waals surface area contributed by atoms with Gasteiger partial charge in [-0.3, -0.25) is 0 Å². The molecule has 0 bridgehead atoms. The summed E-state index contributed by atoms with van der Waals surface area (Å²) >= 11 is 0. The minimum Gasteiger partial charge on any atom is -0.353 e. The third-order valence-electron chi connectivity index (χ3n) is 5.84. The topological polar surface area (TPSA) is 61.3 Å². The zero-order valence-corrected chi connectivity index (χ0v) is 17.2. The number of benzene rings is 1. The van der Waals surface area contributed by atoms with Gasteiger partial charge in [0.25, 0.3) is 0 Å². The van der Waals surface area contributed by atoms with Gasteiger partial charge in [0.1, 0.15) is 5.82 Å². The quantitative estimate of drug-likeness (QED) is 0.682. The summed E-state index contributed by atoms with van der Waals surface area (Å²) in [7, 11) is 0. The molecule has 0 aliphatic carbocycles. The molecular weight excluding hydrogens is 362 g/mol. The zero-order chi connectivity index (χ0) is 19.8. The van der Waals surface area contributed by atoms with Crippen LogP contribution in [0.2, 0.25) is 0 Å². The van der Waals surface area contributed by atoms with E-state index in [0.717, 1.165) is 79.3 Å². The van der Waals surface area contributed by atoms with Crippen molar-refractivity contribution in [2.45, 2.75) is 26.7 Å². The Morgan fingerprint density at radius 1 is 0.690 bits per heavy atom. The van der Waals surface area contributed by atoms with Crippen molar-refractivity contribution in [1.29, 1.82) is 0 Å². The summed E-state index contributed by atoms with van der Waals surface area (Å²) in [6, 6.07) is 10.2. The molecule has 0 radical (unpaired) electrons. The molecule has 150 valence electrons. The minimum absolute atomic E-state index is 0.885. The zero-order valence-electron chi connectivity index (χ0n) is 17.2. The van der Waals surface area contributed by atoms with E-state index in [1.165, 1.54) is 12.8 Å². The highest BCUT2D eigenvalue weighted by atomic mass is 15.3. The van der Waals surface area contributed by atoms with Crippen LogP contribution in [-0.4, -0.2) is 59.2 Å². The lowest BCUT2D eigenvalue weighted by molar-refractivity contribution is 0.638. The summed E-state index contributed by atoms with van der Waals surface area (Å²) < 4.78 is 0. The van der Waals surface area contributed by atoms with Gasteiger partial charge < -0.3 is 14.7 Å². The van der Waals surface area contributed by atoms with Gasteiger partial charge in [0.15, 0.2) is 5.82 Å². The van der Waals surface area contributed by atoms with Gasteiger partial charge in [0.2, 0.25) is 5.95 Å². The Hall–Kier alpha value is -2.96.